The van der Waals surface area contributed by atoms with Gasteiger partial charge in [0.25, 0.3) is 0 Å². The second-order valence-electron chi connectivity index (χ2n) is 8.12. The van der Waals surface area contributed by atoms with Crippen molar-refractivity contribution in [3.05, 3.63) is 59.4 Å². The average molecular weight is 458 g/mol. The number of ether oxygens (including phenoxy) is 2. The van der Waals surface area contributed by atoms with E-state index in [2.05, 4.69) is 0 Å². The Balaban J connectivity index is 1.51. The lowest BCUT2D eigenvalue weighted by Gasteiger charge is -2.39. The van der Waals surface area contributed by atoms with E-state index in [0.29, 0.717) is 6.42 Å². The van der Waals surface area contributed by atoms with E-state index in [1.807, 2.05) is 31.2 Å². The molecule has 2 aromatic carbocycles. The number of rotatable bonds is 7. The number of carbonyl (C=O) groups excluding carboxylic acids is 1. The third kappa shape index (κ3) is 4.73. The van der Waals surface area contributed by atoms with Crippen molar-refractivity contribution in [2.45, 2.75) is 50.5 Å². The topological polar surface area (TPSA) is 150 Å². The standard InChI is InChI=1S/C24H26O9/c1-12-9-14-10-13(6-8-17(14)31-12)5-7-16(27)20-15(26)3-2-4-18(20)32-24-23(30)22(29)21(28)19(11-25)33-24/h2-4,6,8-10,19,21-26,28-30H,5,7,11H2,1H3/t19-,21-,22+,23-,24-/m1/s1. The van der Waals surface area contributed by atoms with Crippen molar-refractivity contribution in [2.75, 3.05) is 6.61 Å². The van der Waals surface area contributed by atoms with Crippen LogP contribution in [0.5, 0.6) is 11.5 Å². The van der Waals surface area contributed by atoms with E-state index in [9.17, 15) is 30.3 Å². The number of carbonyl (C=O) groups is 1. The minimum absolute atomic E-state index is 0.0507. The zero-order chi connectivity index (χ0) is 23.7. The van der Waals surface area contributed by atoms with Crippen molar-refractivity contribution in [1.82, 2.24) is 0 Å². The van der Waals surface area contributed by atoms with Crippen LogP contribution in [0.25, 0.3) is 11.0 Å². The van der Waals surface area contributed by atoms with Crippen LogP contribution in [0, 0.1) is 6.92 Å². The second-order valence-corrected chi connectivity index (χ2v) is 8.12. The predicted octanol–water partition coefficient (Wildman–Crippen LogP) is 1.44. The van der Waals surface area contributed by atoms with E-state index in [-0.39, 0.29) is 23.5 Å². The lowest BCUT2D eigenvalue weighted by molar-refractivity contribution is -0.277. The number of phenols is 1. The molecule has 2 heterocycles. The van der Waals surface area contributed by atoms with Crippen LogP contribution in [0.2, 0.25) is 0 Å². The molecule has 1 aliphatic rings. The third-order valence-corrected chi connectivity index (χ3v) is 5.72. The van der Waals surface area contributed by atoms with E-state index in [0.717, 1.165) is 22.3 Å². The summed E-state index contributed by atoms with van der Waals surface area (Å²) in [4.78, 5) is 13.0. The van der Waals surface area contributed by atoms with Crippen LogP contribution in [0.1, 0.15) is 28.1 Å². The minimum Gasteiger partial charge on any atom is -0.507 e. The fourth-order valence-electron chi connectivity index (χ4n) is 3.95. The number of Topliss-reactive ketones (excluding diaryl/α,β-unsaturated/α-hetero) is 1. The molecule has 9 nitrogen and oxygen atoms in total. The zero-order valence-electron chi connectivity index (χ0n) is 17.9. The fourth-order valence-corrected chi connectivity index (χ4v) is 3.95. The van der Waals surface area contributed by atoms with Gasteiger partial charge in [0.15, 0.2) is 5.78 Å². The van der Waals surface area contributed by atoms with Gasteiger partial charge in [-0.15, -0.1) is 0 Å². The van der Waals surface area contributed by atoms with Gasteiger partial charge >= 0.3 is 0 Å². The van der Waals surface area contributed by atoms with Crippen LogP contribution in [0.3, 0.4) is 0 Å². The largest absolute Gasteiger partial charge is 0.507 e. The van der Waals surface area contributed by atoms with E-state index >= 15 is 0 Å². The van der Waals surface area contributed by atoms with E-state index < -0.39 is 43.1 Å². The molecule has 4 rings (SSSR count). The van der Waals surface area contributed by atoms with Crippen molar-refractivity contribution in [2.24, 2.45) is 0 Å². The highest BCUT2D eigenvalue weighted by Crippen LogP contribution is 2.32. The van der Waals surface area contributed by atoms with Gasteiger partial charge in [-0.3, -0.25) is 4.79 Å². The Morgan fingerprint density at radius 1 is 1.06 bits per heavy atom. The number of aliphatic hydroxyl groups excluding tert-OH is 4. The molecule has 0 spiro atoms. The monoisotopic (exact) mass is 458 g/mol. The van der Waals surface area contributed by atoms with Crippen molar-refractivity contribution >= 4 is 16.8 Å². The number of hydrogen-bond acceptors (Lipinski definition) is 9. The first-order valence-corrected chi connectivity index (χ1v) is 10.6. The van der Waals surface area contributed by atoms with E-state index in [1.165, 1.54) is 18.2 Å². The van der Waals surface area contributed by atoms with Gasteiger partial charge in [0.05, 0.1) is 6.61 Å². The van der Waals surface area contributed by atoms with Gasteiger partial charge in [0.2, 0.25) is 6.29 Å². The molecule has 0 bridgehead atoms. The molecular formula is C24H26O9. The summed E-state index contributed by atoms with van der Waals surface area (Å²) in [6.07, 6.45) is -6.95. The van der Waals surface area contributed by atoms with Gasteiger partial charge in [-0.05, 0) is 49.2 Å². The van der Waals surface area contributed by atoms with Gasteiger partial charge in [-0.2, -0.15) is 0 Å². The summed E-state index contributed by atoms with van der Waals surface area (Å²) in [5.74, 6) is 0.0480. The molecule has 9 heteroatoms. The Hall–Kier alpha value is -2.95. The normalized spacial score (nSPS) is 25.3. The molecule has 1 fully saturated rings. The van der Waals surface area contributed by atoms with Crippen LogP contribution in [0.15, 0.2) is 46.9 Å². The van der Waals surface area contributed by atoms with Crippen molar-refractivity contribution < 1.29 is 44.2 Å². The number of ketones is 1. The van der Waals surface area contributed by atoms with Gasteiger partial charge in [-0.1, -0.05) is 12.1 Å². The van der Waals surface area contributed by atoms with E-state index in [4.69, 9.17) is 13.9 Å². The third-order valence-electron chi connectivity index (χ3n) is 5.72. The van der Waals surface area contributed by atoms with Crippen molar-refractivity contribution in [1.29, 1.82) is 0 Å². The number of fused-ring (bicyclic) bond motifs is 1. The molecule has 1 saturated heterocycles. The zero-order valence-corrected chi connectivity index (χ0v) is 17.9. The molecule has 0 aliphatic carbocycles. The molecule has 33 heavy (non-hydrogen) atoms. The number of aliphatic hydroxyl groups is 4. The smallest absolute Gasteiger partial charge is 0.229 e. The van der Waals surface area contributed by atoms with Gasteiger partial charge < -0.3 is 39.4 Å². The highest BCUT2D eigenvalue weighted by atomic mass is 16.7. The highest BCUT2D eigenvalue weighted by molar-refractivity contribution is 6.01. The second kappa shape index (κ2) is 9.50. The molecule has 1 aliphatic heterocycles. The maximum Gasteiger partial charge on any atom is 0.229 e. The van der Waals surface area contributed by atoms with Gasteiger partial charge in [0.1, 0.15) is 52.8 Å². The lowest BCUT2D eigenvalue weighted by Crippen LogP contribution is -2.60. The Kier molecular flexibility index (Phi) is 6.68. The Morgan fingerprint density at radius 2 is 1.85 bits per heavy atom. The Morgan fingerprint density at radius 3 is 2.61 bits per heavy atom. The van der Waals surface area contributed by atoms with Crippen LogP contribution in [0.4, 0.5) is 0 Å². The van der Waals surface area contributed by atoms with Crippen LogP contribution >= 0.6 is 0 Å². The summed E-state index contributed by atoms with van der Waals surface area (Å²) in [6, 6.07) is 11.8. The molecule has 0 radical (unpaired) electrons. The highest BCUT2D eigenvalue weighted by Gasteiger charge is 2.45. The summed E-state index contributed by atoms with van der Waals surface area (Å²) >= 11 is 0. The number of benzene rings is 2. The molecule has 0 amide bonds. The van der Waals surface area contributed by atoms with E-state index in [1.54, 1.807) is 0 Å². The Labute approximate surface area is 189 Å². The lowest BCUT2D eigenvalue weighted by atomic mass is 9.99. The first-order valence-electron chi connectivity index (χ1n) is 10.6. The molecule has 0 unspecified atom stereocenters. The minimum atomic E-state index is -1.64. The molecule has 176 valence electrons. The molecule has 0 saturated carbocycles. The van der Waals surface area contributed by atoms with Gasteiger partial charge in [0, 0.05) is 11.8 Å². The summed E-state index contributed by atoms with van der Waals surface area (Å²) in [6.45, 7) is 1.25. The fraction of sp³-hybridized carbons (Fsp3) is 0.375. The summed E-state index contributed by atoms with van der Waals surface area (Å²) in [5, 5.41) is 50.8. The van der Waals surface area contributed by atoms with Crippen LogP contribution < -0.4 is 4.74 Å². The van der Waals surface area contributed by atoms with Gasteiger partial charge in [-0.25, -0.2) is 0 Å². The number of aryl methyl sites for hydroxylation is 2. The molecule has 5 N–H and O–H groups in total. The first kappa shape index (κ1) is 23.2. The maximum atomic E-state index is 13.0. The SMILES string of the molecule is Cc1cc2cc(CCC(=O)c3c(O)cccc3O[C@@H]3O[C@H](CO)[C@@H](O)[C@H](O)[C@H]3O)ccc2o1. The molecule has 5 atom stereocenters. The molecule has 3 aromatic rings. The van der Waals surface area contributed by atoms with Crippen LogP contribution in [-0.2, 0) is 11.2 Å². The molecule has 1 aromatic heterocycles. The predicted molar refractivity (Wildman–Crippen MR) is 116 cm³/mol. The average Bonchev–Trinajstić information content (AvgIpc) is 3.17. The van der Waals surface area contributed by atoms with Crippen molar-refractivity contribution in [3.8, 4) is 11.5 Å². The van der Waals surface area contributed by atoms with Crippen LogP contribution in [-0.4, -0.2) is 68.6 Å². The first-order chi connectivity index (χ1) is 15.8. The summed E-state index contributed by atoms with van der Waals surface area (Å²) in [7, 11) is 0. The summed E-state index contributed by atoms with van der Waals surface area (Å²) < 4.78 is 16.5. The number of furan rings is 1. The summed E-state index contributed by atoms with van der Waals surface area (Å²) in [5.41, 5.74) is 1.59. The number of aromatic hydroxyl groups is 1. The number of phenolic OH excluding ortho intramolecular Hbond substituents is 1. The Bertz CT molecular complexity index is 1140. The quantitative estimate of drug-likeness (QED) is 0.331. The maximum absolute atomic E-state index is 13.0. The molecular weight excluding hydrogens is 432 g/mol. The van der Waals surface area contributed by atoms with Crippen molar-refractivity contribution in [3.63, 3.8) is 0 Å². The number of hydrogen-bond donors (Lipinski definition) is 5.